The van der Waals surface area contributed by atoms with E-state index >= 15 is 0 Å². The number of carbonyl (C=O) groups is 2. The summed E-state index contributed by atoms with van der Waals surface area (Å²) in [4.78, 5) is 24.6. The van der Waals surface area contributed by atoms with Gasteiger partial charge in [-0.2, -0.15) is 0 Å². The first-order valence-corrected chi connectivity index (χ1v) is 33.6. The number of allylic oxidation sites excluding steroid dienone is 4. The van der Waals surface area contributed by atoms with Crippen LogP contribution in [-0.2, 0) is 14.3 Å². The summed E-state index contributed by atoms with van der Waals surface area (Å²) in [5.74, 6) is -0.0293. The van der Waals surface area contributed by atoms with Crippen LogP contribution < -0.4 is 5.32 Å². The van der Waals surface area contributed by atoms with Gasteiger partial charge >= 0.3 is 5.97 Å². The Morgan fingerprint density at radius 1 is 0.365 bits per heavy atom. The van der Waals surface area contributed by atoms with Gasteiger partial charge in [0.2, 0.25) is 5.91 Å². The van der Waals surface area contributed by atoms with Gasteiger partial charge in [-0.15, -0.1) is 0 Å². The molecule has 0 fully saturated rings. The topological polar surface area (TPSA) is 95.9 Å². The summed E-state index contributed by atoms with van der Waals surface area (Å²) in [7, 11) is 0. The van der Waals surface area contributed by atoms with E-state index in [0.717, 1.165) is 44.9 Å². The molecule has 2 unspecified atom stereocenters. The SMILES string of the molecule is CCCCCCC/C=C\CCCCCCCC(=O)OCCCCCCCCCCCCCC/C=C\CCCCCCCCCCCC(=O)NC(CO)C(O)CCCCCCCCCCCCCCCCCCCC. The lowest BCUT2D eigenvalue weighted by Crippen LogP contribution is -2.45. The minimum Gasteiger partial charge on any atom is -0.466 e. The molecule has 0 spiro atoms. The number of unbranched alkanes of at least 4 members (excludes halogenated alkanes) is 48. The Hall–Kier alpha value is -1.66. The van der Waals surface area contributed by atoms with E-state index in [1.807, 2.05) is 0 Å². The second-order valence-corrected chi connectivity index (χ2v) is 23.1. The van der Waals surface area contributed by atoms with Gasteiger partial charge in [0.1, 0.15) is 0 Å². The number of nitrogens with one attached hydrogen (secondary N) is 1. The van der Waals surface area contributed by atoms with E-state index in [9.17, 15) is 19.8 Å². The Morgan fingerprint density at radius 3 is 0.959 bits per heavy atom. The van der Waals surface area contributed by atoms with Crippen molar-refractivity contribution in [3.05, 3.63) is 24.3 Å². The zero-order chi connectivity index (χ0) is 53.6. The summed E-state index contributed by atoms with van der Waals surface area (Å²) < 4.78 is 5.48. The molecule has 6 heteroatoms. The first kappa shape index (κ1) is 72.3. The molecular formula is C68H131NO5. The van der Waals surface area contributed by atoms with Crippen molar-refractivity contribution in [1.29, 1.82) is 0 Å². The number of esters is 1. The highest BCUT2D eigenvalue weighted by atomic mass is 16.5. The van der Waals surface area contributed by atoms with E-state index < -0.39 is 12.1 Å². The van der Waals surface area contributed by atoms with Gasteiger partial charge in [0, 0.05) is 12.8 Å². The predicted molar refractivity (Wildman–Crippen MR) is 324 cm³/mol. The van der Waals surface area contributed by atoms with Crippen molar-refractivity contribution >= 4 is 11.9 Å². The van der Waals surface area contributed by atoms with Crippen LogP contribution in [0.5, 0.6) is 0 Å². The Labute approximate surface area is 462 Å². The molecule has 0 rings (SSSR count). The Morgan fingerprint density at radius 2 is 0.635 bits per heavy atom. The van der Waals surface area contributed by atoms with Gasteiger partial charge in [-0.1, -0.05) is 308 Å². The van der Waals surface area contributed by atoms with Crippen LogP contribution in [0.25, 0.3) is 0 Å². The van der Waals surface area contributed by atoms with Crippen molar-refractivity contribution in [2.75, 3.05) is 13.2 Å². The Balaban J connectivity index is 3.40. The molecule has 1 amide bonds. The summed E-state index contributed by atoms with van der Waals surface area (Å²) in [6.07, 6.45) is 79.2. The molecule has 0 saturated heterocycles. The van der Waals surface area contributed by atoms with Gasteiger partial charge < -0.3 is 20.3 Å². The minimum absolute atomic E-state index is 0.00552. The average molecular weight is 1040 g/mol. The number of hydrogen-bond acceptors (Lipinski definition) is 5. The van der Waals surface area contributed by atoms with E-state index in [1.54, 1.807) is 0 Å². The van der Waals surface area contributed by atoms with Crippen LogP contribution in [0.1, 0.15) is 373 Å². The van der Waals surface area contributed by atoms with E-state index in [-0.39, 0.29) is 18.5 Å². The molecule has 0 aromatic heterocycles. The van der Waals surface area contributed by atoms with Crippen LogP contribution in [0.15, 0.2) is 24.3 Å². The molecule has 0 aliphatic carbocycles. The molecule has 6 nitrogen and oxygen atoms in total. The third-order valence-corrected chi connectivity index (χ3v) is 15.7. The van der Waals surface area contributed by atoms with Gasteiger partial charge in [0.15, 0.2) is 0 Å². The van der Waals surface area contributed by atoms with Gasteiger partial charge in [-0.05, 0) is 77.0 Å². The fourth-order valence-electron chi connectivity index (χ4n) is 10.6. The molecule has 0 aliphatic heterocycles. The molecule has 0 aliphatic rings. The second-order valence-electron chi connectivity index (χ2n) is 23.1. The standard InChI is InChI=1S/C68H131NO5/c1-3-5-7-9-11-13-15-17-19-20-30-33-36-40-44-48-52-56-60-66(71)65(64-70)69-67(72)61-57-53-49-45-41-37-34-31-28-26-24-22-21-23-25-27-29-32-35-39-43-47-51-55-59-63-74-68(73)62-58-54-50-46-42-38-18-16-14-12-10-8-6-4-2/h16,18,22,24,65-66,70-71H,3-15,17,19-21,23,25-64H2,1-2H3,(H,69,72)/b18-16-,24-22-. The Kier molecular flexibility index (Phi) is 62.4. The number of aliphatic hydroxyl groups is 2. The molecule has 2 atom stereocenters. The fraction of sp³-hybridized carbons (Fsp3) is 0.912. The van der Waals surface area contributed by atoms with Crippen LogP contribution in [0.3, 0.4) is 0 Å². The van der Waals surface area contributed by atoms with Crippen LogP contribution in [-0.4, -0.2) is 47.4 Å². The van der Waals surface area contributed by atoms with Crippen molar-refractivity contribution in [3.63, 3.8) is 0 Å². The molecular weight excluding hydrogens is 911 g/mol. The maximum atomic E-state index is 12.5. The summed E-state index contributed by atoms with van der Waals surface area (Å²) >= 11 is 0. The average Bonchev–Trinajstić information content (AvgIpc) is 3.40. The lowest BCUT2D eigenvalue weighted by Gasteiger charge is -2.22. The fourth-order valence-corrected chi connectivity index (χ4v) is 10.6. The van der Waals surface area contributed by atoms with Crippen molar-refractivity contribution in [2.45, 2.75) is 386 Å². The monoisotopic (exact) mass is 1040 g/mol. The summed E-state index contributed by atoms with van der Waals surface area (Å²) in [6, 6.07) is -0.544. The summed E-state index contributed by atoms with van der Waals surface area (Å²) in [5.41, 5.74) is 0. The maximum absolute atomic E-state index is 12.5. The quantitative estimate of drug-likeness (QED) is 0.0320. The minimum atomic E-state index is -0.667. The molecule has 74 heavy (non-hydrogen) atoms. The lowest BCUT2D eigenvalue weighted by atomic mass is 10.0. The smallest absolute Gasteiger partial charge is 0.305 e. The largest absolute Gasteiger partial charge is 0.466 e. The highest BCUT2D eigenvalue weighted by molar-refractivity contribution is 5.76. The molecule has 3 N–H and O–H groups in total. The highest BCUT2D eigenvalue weighted by Gasteiger charge is 2.20. The second kappa shape index (κ2) is 63.9. The van der Waals surface area contributed by atoms with E-state index in [4.69, 9.17) is 4.74 Å². The van der Waals surface area contributed by atoms with Crippen LogP contribution in [0, 0.1) is 0 Å². The predicted octanol–water partition coefficient (Wildman–Crippen LogP) is 21.4. The van der Waals surface area contributed by atoms with Crippen molar-refractivity contribution < 1.29 is 24.5 Å². The summed E-state index contributed by atoms with van der Waals surface area (Å²) in [6.45, 7) is 4.97. The number of rotatable bonds is 63. The van der Waals surface area contributed by atoms with Gasteiger partial charge in [-0.25, -0.2) is 0 Å². The number of carbonyl (C=O) groups excluding carboxylic acids is 2. The molecule has 0 radical (unpaired) electrons. The highest BCUT2D eigenvalue weighted by Crippen LogP contribution is 2.18. The molecule has 0 aromatic carbocycles. The van der Waals surface area contributed by atoms with E-state index in [2.05, 4.69) is 43.5 Å². The zero-order valence-electron chi connectivity index (χ0n) is 50.1. The molecule has 0 saturated carbocycles. The van der Waals surface area contributed by atoms with E-state index in [1.165, 1.54) is 295 Å². The van der Waals surface area contributed by atoms with Crippen molar-refractivity contribution in [2.24, 2.45) is 0 Å². The molecule has 438 valence electrons. The summed E-state index contributed by atoms with van der Waals surface area (Å²) in [5, 5.41) is 23.4. The maximum Gasteiger partial charge on any atom is 0.305 e. The lowest BCUT2D eigenvalue weighted by molar-refractivity contribution is -0.143. The number of aliphatic hydroxyl groups excluding tert-OH is 2. The van der Waals surface area contributed by atoms with Crippen LogP contribution >= 0.6 is 0 Å². The number of hydrogen-bond donors (Lipinski definition) is 3. The third kappa shape index (κ3) is 59.6. The van der Waals surface area contributed by atoms with Crippen molar-refractivity contribution in [1.82, 2.24) is 5.32 Å². The van der Waals surface area contributed by atoms with E-state index in [0.29, 0.717) is 25.9 Å². The number of ether oxygens (including phenoxy) is 1. The first-order chi connectivity index (χ1) is 36.5. The van der Waals surface area contributed by atoms with Crippen LogP contribution in [0.2, 0.25) is 0 Å². The Bertz CT molecular complexity index is 1150. The van der Waals surface area contributed by atoms with Crippen LogP contribution in [0.4, 0.5) is 0 Å². The normalized spacial score (nSPS) is 12.6. The third-order valence-electron chi connectivity index (χ3n) is 15.7. The van der Waals surface area contributed by atoms with Gasteiger partial charge in [0.25, 0.3) is 0 Å². The molecule has 0 aromatic rings. The first-order valence-electron chi connectivity index (χ1n) is 33.6. The van der Waals surface area contributed by atoms with Crippen molar-refractivity contribution in [3.8, 4) is 0 Å². The molecule has 0 bridgehead atoms. The van der Waals surface area contributed by atoms with Gasteiger partial charge in [-0.3, -0.25) is 9.59 Å². The molecule has 0 heterocycles. The van der Waals surface area contributed by atoms with Gasteiger partial charge in [0.05, 0.1) is 25.4 Å². The number of amides is 1. The zero-order valence-corrected chi connectivity index (χ0v) is 50.1.